The third-order valence-corrected chi connectivity index (χ3v) is 13.0. The predicted molar refractivity (Wildman–Crippen MR) is 131 cm³/mol. The smallest absolute Gasteiger partial charge is 0.0579 e. The molecule has 5 rings (SSSR count). The van der Waals surface area contributed by atoms with Gasteiger partial charge in [0.1, 0.15) is 0 Å². The van der Waals surface area contributed by atoms with Crippen molar-refractivity contribution in [1.29, 1.82) is 0 Å². The zero-order valence-electron chi connectivity index (χ0n) is 21.9. The van der Waals surface area contributed by atoms with Crippen LogP contribution in [0.4, 0.5) is 0 Å². The number of aliphatic hydroxyl groups is 1. The minimum absolute atomic E-state index is 0.0972. The van der Waals surface area contributed by atoms with Crippen LogP contribution < -0.4 is 0 Å². The summed E-state index contributed by atoms with van der Waals surface area (Å²) in [5, 5.41) is 11.2. The van der Waals surface area contributed by atoms with E-state index >= 15 is 0 Å². The van der Waals surface area contributed by atoms with Crippen molar-refractivity contribution in [1.82, 2.24) is 0 Å². The summed E-state index contributed by atoms with van der Waals surface area (Å²) in [6.07, 6.45) is 14.6. The Kier molecular flexibility index (Phi) is 4.82. The fourth-order valence-corrected chi connectivity index (χ4v) is 11.3. The Hall–Kier alpha value is -0.300. The molecule has 5 aliphatic carbocycles. The third-order valence-electron chi connectivity index (χ3n) is 13.0. The number of allylic oxidation sites excluding steroid dienone is 2. The molecule has 4 fully saturated rings. The summed E-state index contributed by atoms with van der Waals surface area (Å²) < 4.78 is 0. The van der Waals surface area contributed by atoms with Crippen molar-refractivity contribution >= 4 is 0 Å². The first-order valence-corrected chi connectivity index (χ1v) is 13.7. The Balaban J connectivity index is 1.55. The number of hydrogen-bond donors (Lipinski definition) is 1. The number of fused-ring (bicyclic) bond motifs is 7. The van der Waals surface area contributed by atoms with Crippen molar-refractivity contribution in [2.75, 3.05) is 0 Å². The predicted octanol–water partition coefficient (Wildman–Crippen LogP) is 8.02. The molecule has 0 heterocycles. The van der Waals surface area contributed by atoms with Crippen LogP contribution in [-0.4, -0.2) is 11.2 Å². The third kappa shape index (κ3) is 2.65. The average molecular weight is 427 g/mol. The van der Waals surface area contributed by atoms with E-state index in [1.54, 1.807) is 0 Å². The van der Waals surface area contributed by atoms with Gasteiger partial charge in [-0.2, -0.15) is 0 Å². The molecular weight excluding hydrogens is 376 g/mol. The van der Waals surface area contributed by atoms with Gasteiger partial charge in [-0.25, -0.2) is 0 Å². The normalized spacial score (nSPS) is 55.7. The van der Waals surface area contributed by atoms with E-state index in [0.29, 0.717) is 44.8 Å². The monoisotopic (exact) mass is 426 g/mol. The van der Waals surface area contributed by atoms with Crippen LogP contribution in [0.2, 0.25) is 0 Å². The highest BCUT2D eigenvalue weighted by Crippen LogP contribution is 2.78. The van der Waals surface area contributed by atoms with E-state index in [1.807, 2.05) is 5.57 Å². The first-order chi connectivity index (χ1) is 14.3. The van der Waals surface area contributed by atoms with E-state index in [9.17, 15) is 5.11 Å². The molecular formula is C30H50O. The number of aliphatic hydroxyl groups excluding tert-OH is 1. The number of rotatable bonds is 1. The maximum absolute atomic E-state index is 11.2. The summed E-state index contributed by atoms with van der Waals surface area (Å²) >= 11 is 0. The number of hydrogen-bond acceptors (Lipinski definition) is 1. The summed E-state index contributed by atoms with van der Waals surface area (Å²) in [6, 6.07) is 0. The van der Waals surface area contributed by atoms with Crippen LogP contribution in [-0.2, 0) is 0 Å². The molecule has 1 N–H and O–H groups in total. The molecule has 0 aromatic rings. The fourth-order valence-electron chi connectivity index (χ4n) is 11.3. The molecule has 1 nitrogen and oxygen atoms in total. The van der Waals surface area contributed by atoms with Crippen LogP contribution in [0.25, 0.3) is 0 Å². The maximum atomic E-state index is 11.2. The SMILES string of the molecule is CC(C)[C@H]1[C@@H](O)C[C@@H]2[C@]1(C)CC[C@]1(C)[C@H]3CC[C@@H]4C(=CCCC4(C)C)[C@]3(C)CC[C@@]21C. The van der Waals surface area contributed by atoms with Crippen molar-refractivity contribution < 1.29 is 5.11 Å². The Labute approximate surface area is 192 Å². The van der Waals surface area contributed by atoms with Gasteiger partial charge in [0.2, 0.25) is 0 Å². The molecule has 0 unspecified atom stereocenters. The van der Waals surface area contributed by atoms with Crippen LogP contribution >= 0.6 is 0 Å². The van der Waals surface area contributed by atoms with E-state index in [1.165, 1.54) is 51.4 Å². The van der Waals surface area contributed by atoms with Gasteiger partial charge in [-0.15, -0.1) is 0 Å². The Morgan fingerprint density at radius 3 is 2.16 bits per heavy atom. The van der Waals surface area contributed by atoms with Crippen LogP contribution in [0.3, 0.4) is 0 Å². The fraction of sp³-hybridized carbons (Fsp3) is 0.933. The van der Waals surface area contributed by atoms with Gasteiger partial charge in [-0.05, 0) is 114 Å². The lowest BCUT2D eigenvalue weighted by molar-refractivity contribution is -0.203. The molecule has 1 heteroatoms. The van der Waals surface area contributed by atoms with E-state index in [4.69, 9.17) is 0 Å². The standard InChI is InChI=1S/C30H50O/c1-19(2)25-22(31)18-24-28(25,6)15-17-29(7)23-12-11-20-21(10-9-13-26(20,3)4)27(23,5)14-16-30(24,29)8/h10,19-20,22-25,31H,9,11-18H2,1-8H3/t20-,22+,23+,24-,25+,27+,28+,29-,30+/m1/s1. The highest BCUT2D eigenvalue weighted by molar-refractivity contribution is 5.31. The summed E-state index contributed by atoms with van der Waals surface area (Å²) in [6.45, 7) is 20.4. The second kappa shape index (κ2) is 6.64. The first kappa shape index (κ1) is 22.5. The van der Waals surface area contributed by atoms with E-state index in [0.717, 1.165) is 18.3 Å². The Morgan fingerprint density at radius 1 is 0.839 bits per heavy atom. The van der Waals surface area contributed by atoms with Crippen LogP contribution in [0.15, 0.2) is 11.6 Å². The molecule has 0 saturated heterocycles. The summed E-state index contributed by atoms with van der Waals surface area (Å²) in [4.78, 5) is 0. The van der Waals surface area contributed by atoms with Crippen molar-refractivity contribution in [3.05, 3.63) is 11.6 Å². The maximum Gasteiger partial charge on any atom is 0.0579 e. The quantitative estimate of drug-likeness (QED) is 0.421. The zero-order chi connectivity index (χ0) is 22.6. The van der Waals surface area contributed by atoms with E-state index < -0.39 is 0 Å². The summed E-state index contributed by atoms with van der Waals surface area (Å²) in [5.74, 6) is 3.36. The van der Waals surface area contributed by atoms with Crippen molar-refractivity contribution in [3.63, 3.8) is 0 Å². The van der Waals surface area contributed by atoms with Gasteiger partial charge in [0.05, 0.1) is 6.10 Å². The summed E-state index contributed by atoms with van der Waals surface area (Å²) in [7, 11) is 0. The van der Waals surface area contributed by atoms with Crippen LogP contribution in [0, 0.1) is 56.7 Å². The molecule has 0 aliphatic heterocycles. The van der Waals surface area contributed by atoms with Crippen molar-refractivity contribution in [2.24, 2.45) is 56.7 Å². The van der Waals surface area contributed by atoms with Gasteiger partial charge in [-0.3, -0.25) is 0 Å². The van der Waals surface area contributed by atoms with E-state index in [2.05, 4.69) is 61.5 Å². The largest absolute Gasteiger partial charge is 0.393 e. The van der Waals surface area contributed by atoms with Crippen LogP contribution in [0.1, 0.15) is 113 Å². The van der Waals surface area contributed by atoms with Gasteiger partial charge in [0.25, 0.3) is 0 Å². The molecule has 9 atom stereocenters. The van der Waals surface area contributed by atoms with Gasteiger partial charge >= 0.3 is 0 Å². The molecule has 4 saturated carbocycles. The summed E-state index contributed by atoms with van der Waals surface area (Å²) in [5.41, 5.74) is 3.83. The molecule has 0 amide bonds. The zero-order valence-corrected chi connectivity index (χ0v) is 21.9. The van der Waals surface area contributed by atoms with Crippen molar-refractivity contribution in [2.45, 2.75) is 119 Å². The molecule has 0 bridgehead atoms. The Morgan fingerprint density at radius 2 is 1.48 bits per heavy atom. The second-order valence-corrected chi connectivity index (χ2v) is 14.8. The molecule has 176 valence electrons. The van der Waals surface area contributed by atoms with Crippen molar-refractivity contribution in [3.8, 4) is 0 Å². The lowest BCUT2D eigenvalue weighted by Gasteiger charge is -2.71. The Bertz CT molecular complexity index is 777. The van der Waals surface area contributed by atoms with Crippen LogP contribution in [0.5, 0.6) is 0 Å². The molecule has 0 aromatic heterocycles. The highest BCUT2D eigenvalue weighted by Gasteiger charge is 2.71. The molecule has 5 aliphatic rings. The molecule has 0 aromatic carbocycles. The van der Waals surface area contributed by atoms with E-state index in [-0.39, 0.29) is 6.10 Å². The molecule has 31 heavy (non-hydrogen) atoms. The first-order valence-electron chi connectivity index (χ1n) is 13.7. The highest BCUT2D eigenvalue weighted by atomic mass is 16.3. The minimum Gasteiger partial charge on any atom is -0.393 e. The van der Waals surface area contributed by atoms with Gasteiger partial charge < -0.3 is 5.11 Å². The lowest BCUT2D eigenvalue weighted by atomic mass is 9.33. The topological polar surface area (TPSA) is 20.2 Å². The van der Waals surface area contributed by atoms with Gasteiger partial charge in [0.15, 0.2) is 0 Å². The second-order valence-electron chi connectivity index (χ2n) is 14.8. The molecule has 0 radical (unpaired) electrons. The van der Waals surface area contributed by atoms with Gasteiger partial charge in [-0.1, -0.05) is 67.0 Å². The molecule has 0 spiro atoms. The lowest BCUT2D eigenvalue weighted by Crippen LogP contribution is -2.63. The minimum atomic E-state index is -0.0972. The average Bonchev–Trinajstić information content (AvgIpc) is 2.95. The van der Waals surface area contributed by atoms with Gasteiger partial charge in [0, 0.05) is 0 Å².